The maximum absolute atomic E-state index is 13.0. The van der Waals surface area contributed by atoms with E-state index in [1.807, 2.05) is 41.3 Å². The number of fused-ring (bicyclic) bond motifs is 3. The molecule has 7 nitrogen and oxygen atoms in total. The Labute approximate surface area is 167 Å². The van der Waals surface area contributed by atoms with Gasteiger partial charge in [-0.2, -0.15) is 0 Å². The van der Waals surface area contributed by atoms with Gasteiger partial charge < -0.3 is 15.5 Å². The first-order chi connectivity index (χ1) is 14.1. The van der Waals surface area contributed by atoms with E-state index >= 15 is 0 Å². The molecule has 2 amide bonds. The molecule has 148 valence electrons. The Morgan fingerprint density at radius 3 is 2.79 bits per heavy atom. The average Bonchev–Trinajstić information content (AvgIpc) is 3.45. The molecule has 3 aromatic rings. The third kappa shape index (κ3) is 2.85. The van der Waals surface area contributed by atoms with Crippen LogP contribution < -0.4 is 5.73 Å². The van der Waals surface area contributed by atoms with Crippen LogP contribution in [0, 0.1) is 5.92 Å². The fraction of sp³-hybridized carbons (Fsp3) is 0.318. The molecule has 1 aliphatic heterocycles. The standard InChI is InChI=1S/C22H22N4O3/c23-19(27)16-7-4-8-17-18(16)25-20(24-17)22-10-9-15(11-22)12-26(22)21(28)29-13-14-5-2-1-3-6-14/h1-8,15H,9-13H2,(H2,23,27)(H,24,25)/t15-,22+/m0/s1. The number of hydrogen-bond acceptors (Lipinski definition) is 4. The number of ether oxygens (including phenoxy) is 1. The van der Waals surface area contributed by atoms with E-state index in [0.717, 1.165) is 30.3 Å². The molecule has 1 aromatic heterocycles. The van der Waals surface area contributed by atoms with Crippen LogP contribution in [0.5, 0.6) is 0 Å². The zero-order valence-electron chi connectivity index (χ0n) is 15.9. The summed E-state index contributed by atoms with van der Waals surface area (Å²) in [5.41, 5.74) is 7.62. The van der Waals surface area contributed by atoms with Crippen LogP contribution in [-0.4, -0.2) is 33.4 Å². The number of hydrogen-bond donors (Lipinski definition) is 2. The number of nitrogens with two attached hydrogens (primary N) is 1. The Kier molecular flexibility index (Phi) is 4.04. The zero-order chi connectivity index (χ0) is 20.0. The van der Waals surface area contributed by atoms with Gasteiger partial charge in [-0.1, -0.05) is 36.4 Å². The van der Waals surface area contributed by atoms with E-state index in [4.69, 9.17) is 15.5 Å². The number of imidazole rings is 1. The molecule has 1 aliphatic carbocycles. The molecular weight excluding hydrogens is 368 g/mol. The molecule has 2 atom stereocenters. The smallest absolute Gasteiger partial charge is 0.410 e. The number of amides is 2. The van der Waals surface area contributed by atoms with Crippen molar-refractivity contribution in [2.45, 2.75) is 31.4 Å². The van der Waals surface area contributed by atoms with E-state index in [9.17, 15) is 9.59 Å². The largest absolute Gasteiger partial charge is 0.445 e. The summed E-state index contributed by atoms with van der Waals surface area (Å²) in [6.07, 6.45) is 2.39. The minimum Gasteiger partial charge on any atom is -0.445 e. The van der Waals surface area contributed by atoms with Gasteiger partial charge in [0.1, 0.15) is 23.5 Å². The van der Waals surface area contributed by atoms with Crippen LogP contribution in [0.4, 0.5) is 4.79 Å². The minimum atomic E-state index is -0.521. The number of aromatic nitrogens is 2. The Balaban J connectivity index is 1.46. The topological polar surface area (TPSA) is 101 Å². The van der Waals surface area contributed by atoms with E-state index in [-0.39, 0.29) is 12.7 Å². The monoisotopic (exact) mass is 390 g/mol. The number of rotatable bonds is 4. The highest BCUT2D eigenvalue weighted by Gasteiger charge is 2.56. The molecule has 7 heteroatoms. The van der Waals surface area contributed by atoms with Crippen LogP contribution in [0.2, 0.25) is 0 Å². The molecule has 2 heterocycles. The molecule has 0 spiro atoms. The predicted molar refractivity (Wildman–Crippen MR) is 107 cm³/mol. The molecule has 2 bridgehead atoms. The summed E-state index contributed by atoms with van der Waals surface area (Å²) in [7, 11) is 0. The van der Waals surface area contributed by atoms with Crippen molar-refractivity contribution in [3.05, 3.63) is 65.5 Å². The second kappa shape index (κ2) is 6.62. The van der Waals surface area contributed by atoms with Gasteiger partial charge in [-0.05, 0) is 42.9 Å². The molecule has 1 saturated heterocycles. The predicted octanol–water partition coefficient (Wildman–Crippen LogP) is 3.31. The molecule has 1 saturated carbocycles. The summed E-state index contributed by atoms with van der Waals surface area (Å²) in [5.74, 6) is 0.627. The van der Waals surface area contributed by atoms with Gasteiger partial charge in [0.15, 0.2) is 0 Å². The maximum Gasteiger partial charge on any atom is 0.410 e. The van der Waals surface area contributed by atoms with Crippen molar-refractivity contribution in [3.63, 3.8) is 0 Å². The van der Waals surface area contributed by atoms with Crippen molar-refractivity contribution in [3.8, 4) is 0 Å². The number of aromatic amines is 1. The van der Waals surface area contributed by atoms with Gasteiger partial charge in [-0.3, -0.25) is 9.69 Å². The molecule has 5 rings (SSSR count). The maximum atomic E-state index is 13.0. The summed E-state index contributed by atoms with van der Waals surface area (Å²) in [6, 6.07) is 15.0. The van der Waals surface area contributed by atoms with Gasteiger partial charge in [0.05, 0.1) is 11.1 Å². The van der Waals surface area contributed by atoms with Crippen molar-refractivity contribution in [1.29, 1.82) is 0 Å². The molecule has 29 heavy (non-hydrogen) atoms. The van der Waals surface area contributed by atoms with Crippen LogP contribution >= 0.6 is 0 Å². The van der Waals surface area contributed by atoms with Gasteiger partial charge in [0, 0.05) is 6.54 Å². The summed E-state index contributed by atoms with van der Waals surface area (Å²) in [6.45, 7) is 0.899. The summed E-state index contributed by atoms with van der Waals surface area (Å²) < 4.78 is 5.62. The molecule has 3 N–H and O–H groups in total. The molecule has 2 aliphatic rings. The molecular formula is C22H22N4O3. The normalized spacial score (nSPS) is 22.9. The number of primary amides is 1. The summed E-state index contributed by atoms with van der Waals surface area (Å²) >= 11 is 0. The Morgan fingerprint density at radius 2 is 2.03 bits per heavy atom. The van der Waals surface area contributed by atoms with Crippen LogP contribution in [0.1, 0.15) is 41.0 Å². The lowest BCUT2D eigenvalue weighted by Gasteiger charge is -2.36. The number of para-hydroxylation sites is 1. The highest BCUT2D eigenvalue weighted by Crippen LogP contribution is 2.52. The van der Waals surface area contributed by atoms with Gasteiger partial charge in [-0.15, -0.1) is 0 Å². The second-order valence-corrected chi connectivity index (χ2v) is 7.94. The quantitative estimate of drug-likeness (QED) is 0.713. The zero-order valence-corrected chi connectivity index (χ0v) is 15.9. The van der Waals surface area contributed by atoms with Crippen molar-refractivity contribution >= 4 is 23.0 Å². The van der Waals surface area contributed by atoms with Crippen molar-refractivity contribution in [2.75, 3.05) is 6.54 Å². The average molecular weight is 390 g/mol. The SMILES string of the molecule is NC(=O)c1cccc2[nH]c([C@]34CC[C@H](CN3C(=O)OCc3ccccc3)C4)nc12. The van der Waals surface area contributed by atoms with Gasteiger partial charge >= 0.3 is 6.09 Å². The van der Waals surface area contributed by atoms with Crippen molar-refractivity contribution < 1.29 is 14.3 Å². The van der Waals surface area contributed by atoms with E-state index < -0.39 is 11.4 Å². The summed E-state index contributed by atoms with van der Waals surface area (Å²) in [5, 5.41) is 0. The number of H-pyrrole nitrogens is 1. The lowest BCUT2D eigenvalue weighted by Crippen LogP contribution is -2.47. The lowest BCUT2D eigenvalue weighted by atomic mass is 9.96. The van der Waals surface area contributed by atoms with E-state index in [0.29, 0.717) is 29.4 Å². The van der Waals surface area contributed by atoms with Crippen LogP contribution in [0.25, 0.3) is 11.0 Å². The molecule has 2 aromatic carbocycles. The molecule has 2 fully saturated rings. The van der Waals surface area contributed by atoms with Gasteiger partial charge in [-0.25, -0.2) is 9.78 Å². The van der Waals surface area contributed by atoms with Crippen LogP contribution in [0.15, 0.2) is 48.5 Å². The lowest BCUT2D eigenvalue weighted by molar-refractivity contribution is 0.0521. The van der Waals surface area contributed by atoms with E-state index in [1.54, 1.807) is 12.1 Å². The van der Waals surface area contributed by atoms with Crippen LogP contribution in [-0.2, 0) is 16.9 Å². The number of piperidine rings is 1. The fourth-order valence-corrected chi connectivity index (χ4v) is 4.80. The minimum absolute atomic E-state index is 0.239. The number of benzene rings is 2. The number of nitrogens with one attached hydrogen (secondary N) is 1. The summed E-state index contributed by atoms with van der Waals surface area (Å²) in [4.78, 5) is 34.6. The van der Waals surface area contributed by atoms with Crippen molar-refractivity contribution in [2.24, 2.45) is 11.7 Å². The van der Waals surface area contributed by atoms with E-state index in [1.165, 1.54) is 0 Å². The van der Waals surface area contributed by atoms with Crippen molar-refractivity contribution in [1.82, 2.24) is 14.9 Å². The highest BCUT2D eigenvalue weighted by molar-refractivity contribution is 6.04. The Hall–Kier alpha value is -3.35. The Bertz CT molecular complexity index is 1090. The number of carbonyl (C=O) groups is 2. The highest BCUT2D eigenvalue weighted by atomic mass is 16.6. The fourth-order valence-electron chi connectivity index (χ4n) is 4.80. The third-order valence-corrected chi connectivity index (χ3v) is 6.19. The first-order valence-corrected chi connectivity index (χ1v) is 9.84. The van der Waals surface area contributed by atoms with E-state index in [2.05, 4.69) is 4.98 Å². The van der Waals surface area contributed by atoms with Crippen LogP contribution in [0.3, 0.4) is 0 Å². The Morgan fingerprint density at radius 1 is 1.21 bits per heavy atom. The second-order valence-electron chi connectivity index (χ2n) is 7.94. The molecule has 0 radical (unpaired) electrons. The number of carbonyl (C=O) groups excluding carboxylic acids is 2. The number of likely N-dealkylation sites (tertiary alicyclic amines) is 1. The number of nitrogens with zero attached hydrogens (tertiary/aromatic N) is 2. The molecule has 0 unspecified atom stereocenters. The van der Waals surface area contributed by atoms with Gasteiger partial charge in [0.25, 0.3) is 5.91 Å². The first-order valence-electron chi connectivity index (χ1n) is 9.84. The first kappa shape index (κ1) is 17.7. The van der Waals surface area contributed by atoms with Gasteiger partial charge in [0.2, 0.25) is 0 Å². The third-order valence-electron chi connectivity index (χ3n) is 6.19.